The van der Waals surface area contributed by atoms with Crippen molar-refractivity contribution in [2.45, 2.75) is 25.7 Å². The quantitative estimate of drug-likeness (QED) is 0.529. The van der Waals surface area contributed by atoms with E-state index in [1.54, 1.807) is 16.8 Å². The van der Waals surface area contributed by atoms with E-state index in [4.69, 9.17) is 12.2 Å². The largest absolute Gasteiger partial charge is 0.250 e. The molecule has 0 amide bonds. The fourth-order valence-electron chi connectivity index (χ4n) is 2.46. The van der Waals surface area contributed by atoms with Crippen molar-refractivity contribution in [2.75, 3.05) is 0 Å². The first-order valence-electron chi connectivity index (χ1n) is 7.32. The van der Waals surface area contributed by atoms with Gasteiger partial charge in [-0.25, -0.2) is 4.39 Å². The Labute approximate surface area is 133 Å². The third kappa shape index (κ3) is 3.57. The summed E-state index contributed by atoms with van der Waals surface area (Å²) in [6, 6.07) is 6.37. The van der Waals surface area contributed by atoms with Crippen LogP contribution in [-0.2, 0) is 6.42 Å². The molecule has 0 saturated heterocycles. The first-order valence-corrected chi connectivity index (χ1v) is 7.73. The average molecular weight is 316 g/mol. The number of aromatic amines is 1. The Kier molecular flexibility index (Phi) is 4.58. The molecule has 0 radical (unpaired) electrons. The van der Waals surface area contributed by atoms with Crippen molar-refractivity contribution in [1.29, 1.82) is 0 Å². The maximum Gasteiger partial charge on any atom is 0.216 e. The Balaban J connectivity index is 1.78. The number of benzene rings is 1. The first kappa shape index (κ1) is 14.8. The summed E-state index contributed by atoms with van der Waals surface area (Å²) in [5.41, 5.74) is 0.965. The predicted octanol–water partition coefficient (Wildman–Crippen LogP) is 3.86. The van der Waals surface area contributed by atoms with E-state index < -0.39 is 0 Å². The Morgan fingerprint density at radius 1 is 1.36 bits per heavy atom. The second-order valence-electron chi connectivity index (χ2n) is 5.37. The summed E-state index contributed by atoms with van der Waals surface area (Å²) >= 11 is 5.23. The van der Waals surface area contributed by atoms with E-state index in [2.05, 4.69) is 27.5 Å². The van der Waals surface area contributed by atoms with Gasteiger partial charge in [0.25, 0.3) is 0 Å². The highest BCUT2D eigenvalue weighted by molar-refractivity contribution is 7.71. The van der Waals surface area contributed by atoms with E-state index in [1.165, 1.54) is 12.1 Å². The summed E-state index contributed by atoms with van der Waals surface area (Å²) in [6.45, 7) is 0. The van der Waals surface area contributed by atoms with Gasteiger partial charge < -0.3 is 0 Å². The van der Waals surface area contributed by atoms with Crippen LogP contribution in [-0.4, -0.2) is 21.1 Å². The van der Waals surface area contributed by atoms with Crippen LogP contribution < -0.4 is 0 Å². The molecular formula is C16H17FN4S. The summed E-state index contributed by atoms with van der Waals surface area (Å²) in [7, 11) is 0. The van der Waals surface area contributed by atoms with E-state index in [0.717, 1.165) is 30.7 Å². The zero-order valence-corrected chi connectivity index (χ0v) is 12.9. The summed E-state index contributed by atoms with van der Waals surface area (Å²) in [5, 5.41) is 11.5. The van der Waals surface area contributed by atoms with Gasteiger partial charge in [-0.15, -0.1) is 0 Å². The summed E-state index contributed by atoms with van der Waals surface area (Å²) < 4.78 is 15.1. The van der Waals surface area contributed by atoms with Gasteiger partial charge in [-0.3, -0.25) is 5.10 Å². The molecule has 1 N–H and O–H groups in total. The van der Waals surface area contributed by atoms with Gasteiger partial charge in [0.15, 0.2) is 5.82 Å². The van der Waals surface area contributed by atoms with Crippen molar-refractivity contribution in [3.05, 3.63) is 58.4 Å². The lowest BCUT2D eigenvalue weighted by Crippen LogP contribution is -2.07. The fourth-order valence-corrected chi connectivity index (χ4v) is 2.65. The molecule has 1 aliphatic rings. The van der Waals surface area contributed by atoms with Gasteiger partial charge in [0.1, 0.15) is 5.82 Å². The van der Waals surface area contributed by atoms with Gasteiger partial charge in [-0.1, -0.05) is 24.3 Å². The topological polar surface area (TPSA) is 46.0 Å². The van der Waals surface area contributed by atoms with Crippen LogP contribution in [0.5, 0.6) is 0 Å². The van der Waals surface area contributed by atoms with Crippen LogP contribution in [0.3, 0.4) is 0 Å². The third-order valence-corrected chi connectivity index (χ3v) is 3.96. The van der Waals surface area contributed by atoms with Gasteiger partial charge in [0.05, 0.1) is 0 Å². The van der Waals surface area contributed by atoms with Crippen LogP contribution in [0.1, 0.15) is 30.7 Å². The van der Waals surface area contributed by atoms with Crippen LogP contribution in [0.15, 0.2) is 41.5 Å². The highest BCUT2D eigenvalue weighted by Gasteiger charge is 2.09. The van der Waals surface area contributed by atoms with Gasteiger partial charge >= 0.3 is 0 Å². The van der Waals surface area contributed by atoms with Gasteiger partial charge in [-0.2, -0.15) is 14.9 Å². The minimum atomic E-state index is -0.244. The highest BCUT2D eigenvalue weighted by atomic mass is 32.1. The van der Waals surface area contributed by atoms with Crippen LogP contribution in [0.4, 0.5) is 4.39 Å². The van der Waals surface area contributed by atoms with Gasteiger partial charge in [0.2, 0.25) is 4.77 Å². The molecule has 0 aliphatic heterocycles. The molecule has 1 atom stereocenters. The van der Waals surface area contributed by atoms with Crippen LogP contribution in [0, 0.1) is 16.5 Å². The van der Waals surface area contributed by atoms with Crippen LogP contribution in [0.2, 0.25) is 0 Å². The molecule has 2 aromatic rings. The minimum absolute atomic E-state index is 0.244. The normalized spacial score (nSPS) is 18.1. The second kappa shape index (κ2) is 6.79. The maximum atomic E-state index is 13.0. The predicted molar refractivity (Wildman–Crippen MR) is 87.0 cm³/mol. The number of rotatable bonds is 4. The maximum absolute atomic E-state index is 13.0. The first-order chi connectivity index (χ1) is 10.7. The summed E-state index contributed by atoms with van der Waals surface area (Å²) in [4.78, 5) is 0. The number of allylic oxidation sites excluding steroid dienone is 2. The molecule has 0 saturated carbocycles. The SMILES string of the molecule is Fc1ccc(Cc2n[nH]c(=S)n2/N=C\[C@@H]2CC=CCC2)cc1. The van der Waals surface area contributed by atoms with Crippen molar-refractivity contribution in [2.24, 2.45) is 11.0 Å². The lowest BCUT2D eigenvalue weighted by Gasteiger charge is -2.12. The lowest BCUT2D eigenvalue weighted by molar-refractivity contribution is 0.620. The summed E-state index contributed by atoms with van der Waals surface area (Å²) in [6.07, 6.45) is 10.1. The number of H-pyrrole nitrogens is 1. The number of nitrogens with zero attached hydrogens (tertiary/aromatic N) is 3. The molecule has 22 heavy (non-hydrogen) atoms. The molecule has 1 aliphatic carbocycles. The Hall–Kier alpha value is -2.08. The highest BCUT2D eigenvalue weighted by Crippen LogP contribution is 2.16. The van der Waals surface area contributed by atoms with Crippen LogP contribution >= 0.6 is 12.2 Å². The number of nitrogens with one attached hydrogen (secondary N) is 1. The molecule has 3 rings (SSSR count). The Morgan fingerprint density at radius 3 is 2.91 bits per heavy atom. The van der Waals surface area contributed by atoms with E-state index in [9.17, 15) is 4.39 Å². The third-order valence-electron chi connectivity index (χ3n) is 3.70. The van der Waals surface area contributed by atoms with Gasteiger partial charge in [-0.05, 0) is 55.1 Å². The summed E-state index contributed by atoms with van der Waals surface area (Å²) in [5.74, 6) is 0.922. The van der Waals surface area contributed by atoms with E-state index >= 15 is 0 Å². The van der Waals surface area contributed by atoms with Gasteiger partial charge in [0, 0.05) is 12.6 Å². The monoisotopic (exact) mass is 316 g/mol. The van der Waals surface area contributed by atoms with E-state index in [0.29, 0.717) is 17.1 Å². The molecular weight excluding hydrogens is 299 g/mol. The van der Waals surface area contributed by atoms with Crippen molar-refractivity contribution in [1.82, 2.24) is 14.9 Å². The van der Waals surface area contributed by atoms with Crippen LogP contribution in [0.25, 0.3) is 0 Å². The molecule has 0 spiro atoms. The average Bonchev–Trinajstić information content (AvgIpc) is 2.89. The van der Waals surface area contributed by atoms with E-state index in [1.807, 2.05) is 6.21 Å². The molecule has 0 fully saturated rings. The minimum Gasteiger partial charge on any atom is -0.250 e. The number of hydrogen-bond acceptors (Lipinski definition) is 3. The molecule has 4 nitrogen and oxygen atoms in total. The fraction of sp³-hybridized carbons (Fsp3) is 0.312. The molecule has 114 valence electrons. The molecule has 0 unspecified atom stereocenters. The molecule has 0 bridgehead atoms. The number of aromatic nitrogens is 3. The second-order valence-corrected chi connectivity index (χ2v) is 5.76. The Bertz CT molecular complexity index is 742. The van der Waals surface area contributed by atoms with Crippen molar-refractivity contribution < 1.29 is 4.39 Å². The van der Waals surface area contributed by atoms with E-state index in [-0.39, 0.29) is 5.82 Å². The van der Waals surface area contributed by atoms with Crippen molar-refractivity contribution in [3.63, 3.8) is 0 Å². The lowest BCUT2D eigenvalue weighted by atomic mass is 9.96. The smallest absolute Gasteiger partial charge is 0.216 e. The standard InChI is InChI=1S/C16H17FN4S/c17-14-8-6-12(7-9-14)10-15-19-20-16(22)21(15)18-11-13-4-2-1-3-5-13/h1-2,6-9,11,13H,3-5,10H2,(H,20,22)/b18-11-/t13-/m1/s1. The molecule has 1 aromatic heterocycles. The number of hydrogen-bond donors (Lipinski definition) is 1. The Morgan fingerprint density at radius 2 is 2.18 bits per heavy atom. The van der Waals surface area contributed by atoms with Crippen molar-refractivity contribution >= 4 is 18.4 Å². The zero-order valence-electron chi connectivity index (χ0n) is 12.1. The zero-order chi connectivity index (χ0) is 15.4. The molecule has 1 heterocycles. The molecule has 1 aromatic carbocycles. The van der Waals surface area contributed by atoms with Crippen molar-refractivity contribution in [3.8, 4) is 0 Å². The molecule has 6 heteroatoms. The number of halogens is 1.